The van der Waals surface area contributed by atoms with E-state index in [4.69, 9.17) is 21.1 Å². The van der Waals surface area contributed by atoms with Gasteiger partial charge in [0.25, 0.3) is 5.91 Å². The van der Waals surface area contributed by atoms with E-state index in [9.17, 15) is 4.79 Å². The van der Waals surface area contributed by atoms with E-state index in [0.29, 0.717) is 35.9 Å². The Morgan fingerprint density at radius 2 is 2.11 bits per heavy atom. The lowest BCUT2D eigenvalue weighted by Crippen LogP contribution is -2.31. The molecule has 0 spiro atoms. The number of aromatic nitrogens is 4. The minimum atomic E-state index is -0.161. The molecule has 1 atom stereocenters. The van der Waals surface area contributed by atoms with Crippen LogP contribution in [0.5, 0.6) is 11.8 Å². The Morgan fingerprint density at radius 1 is 1.29 bits per heavy atom. The lowest BCUT2D eigenvalue weighted by Gasteiger charge is -2.15. The van der Waals surface area contributed by atoms with Gasteiger partial charge >= 0.3 is 6.01 Å². The molecular formula is C19H18ClN5O3. The third-order valence-corrected chi connectivity index (χ3v) is 4.67. The zero-order valence-electron chi connectivity index (χ0n) is 15.1. The molecule has 1 aliphatic heterocycles. The summed E-state index contributed by atoms with van der Waals surface area (Å²) in [5.74, 6) is 0.613. The second-order valence-electron chi connectivity index (χ2n) is 6.36. The van der Waals surface area contributed by atoms with Crippen LogP contribution in [0.3, 0.4) is 0 Å². The molecule has 1 amide bonds. The quantitative estimate of drug-likeness (QED) is 0.709. The Labute approximate surface area is 166 Å². The molecule has 0 unspecified atom stereocenters. The number of likely N-dealkylation sites (tertiary alicyclic amines) is 1. The van der Waals surface area contributed by atoms with Crippen LogP contribution in [-0.2, 0) is 0 Å². The first-order chi connectivity index (χ1) is 13.6. The molecule has 0 bridgehead atoms. The van der Waals surface area contributed by atoms with Gasteiger partial charge in [-0.15, -0.1) is 0 Å². The molecule has 1 N–H and O–H groups in total. The zero-order valence-corrected chi connectivity index (χ0v) is 15.9. The summed E-state index contributed by atoms with van der Waals surface area (Å²) in [5.41, 5.74) is 1.99. The van der Waals surface area contributed by atoms with Crippen molar-refractivity contribution in [3.63, 3.8) is 0 Å². The molecule has 2 aromatic heterocycles. The van der Waals surface area contributed by atoms with Gasteiger partial charge in [0, 0.05) is 18.5 Å². The van der Waals surface area contributed by atoms with Crippen LogP contribution in [0.1, 0.15) is 16.9 Å². The van der Waals surface area contributed by atoms with Crippen LogP contribution < -0.4 is 9.47 Å². The van der Waals surface area contributed by atoms with Crippen LogP contribution in [0.2, 0.25) is 5.02 Å². The van der Waals surface area contributed by atoms with E-state index in [1.54, 1.807) is 18.1 Å². The Hall–Kier alpha value is -3.13. The number of benzene rings is 1. The Balaban J connectivity index is 1.41. The van der Waals surface area contributed by atoms with Crippen LogP contribution in [-0.4, -0.2) is 57.3 Å². The number of carbonyl (C=O) groups is 1. The first-order valence-corrected chi connectivity index (χ1v) is 9.13. The number of nitrogens with one attached hydrogen (secondary N) is 1. The average molecular weight is 400 g/mol. The van der Waals surface area contributed by atoms with E-state index in [1.165, 1.54) is 12.4 Å². The maximum absolute atomic E-state index is 12.8. The molecule has 0 radical (unpaired) electrons. The largest absolute Gasteiger partial charge is 0.497 e. The van der Waals surface area contributed by atoms with Crippen molar-refractivity contribution in [2.24, 2.45) is 0 Å². The summed E-state index contributed by atoms with van der Waals surface area (Å²) >= 11 is 5.77. The Morgan fingerprint density at radius 3 is 2.89 bits per heavy atom. The lowest BCUT2D eigenvalue weighted by molar-refractivity contribution is 0.0764. The smallest absolute Gasteiger partial charge is 0.316 e. The number of aromatic amines is 1. The number of nitrogens with zero attached hydrogens (tertiary/aromatic N) is 4. The summed E-state index contributed by atoms with van der Waals surface area (Å²) in [6.07, 6.45) is 3.50. The highest BCUT2D eigenvalue weighted by atomic mass is 35.5. The van der Waals surface area contributed by atoms with Crippen molar-refractivity contribution in [3.05, 3.63) is 53.4 Å². The molecule has 3 heterocycles. The first kappa shape index (κ1) is 18.2. The molecule has 0 aliphatic carbocycles. The molecule has 8 nitrogen and oxygen atoms in total. The van der Waals surface area contributed by atoms with Crippen LogP contribution in [0, 0.1) is 0 Å². The topological polar surface area (TPSA) is 93.2 Å². The van der Waals surface area contributed by atoms with Crippen molar-refractivity contribution in [2.75, 3.05) is 20.2 Å². The molecule has 1 aromatic carbocycles. The van der Waals surface area contributed by atoms with Gasteiger partial charge in [0.2, 0.25) is 0 Å². The van der Waals surface area contributed by atoms with Gasteiger partial charge in [0.1, 0.15) is 17.5 Å². The number of carbonyl (C=O) groups excluding carboxylic acids is 1. The molecule has 4 rings (SSSR count). The maximum atomic E-state index is 12.8. The minimum absolute atomic E-state index is 0.121. The van der Waals surface area contributed by atoms with Crippen molar-refractivity contribution < 1.29 is 14.3 Å². The average Bonchev–Trinajstić information content (AvgIpc) is 3.39. The number of hydrogen-bond donors (Lipinski definition) is 1. The van der Waals surface area contributed by atoms with Crippen LogP contribution >= 0.6 is 11.6 Å². The number of ether oxygens (including phenoxy) is 2. The third-order valence-electron chi connectivity index (χ3n) is 4.47. The fourth-order valence-electron chi connectivity index (χ4n) is 3.05. The summed E-state index contributed by atoms with van der Waals surface area (Å²) in [7, 11) is 1.61. The summed E-state index contributed by atoms with van der Waals surface area (Å²) in [5, 5.41) is 7.53. The van der Waals surface area contributed by atoms with E-state index in [2.05, 4.69) is 20.2 Å². The molecule has 1 saturated heterocycles. The number of rotatable bonds is 5. The summed E-state index contributed by atoms with van der Waals surface area (Å²) in [4.78, 5) is 22.6. The first-order valence-electron chi connectivity index (χ1n) is 8.75. The summed E-state index contributed by atoms with van der Waals surface area (Å²) < 4.78 is 11.0. The predicted molar refractivity (Wildman–Crippen MR) is 103 cm³/mol. The highest BCUT2D eigenvalue weighted by Crippen LogP contribution is 2.24. The van der Waals surface area contributed by atoms with Crippen molar-refractivity contribution in [1.29, 1.82) is 0 Å². The third kappa shape index (κ3) is 3.91. The van der Waals surface area contributed by atoms with Crippen LogP contribution in [0.25, 0.3) is 11.3 Å². The standard InChI is InChI=1S/C19H18ClN5O3/c1-27-14-4-2-3-12(7-14)16-8-17(24-23-16)18(26)25-6-5-15(11-25)28-19-21-9-13(20)10-22-19/h2-4,7-10,15H,5-6,11H2,1H3,(H,23,24)/t15-/m1/s1. The lowest BCUT2D eigenvalue weighted by atomic mass is 10.1. The van der Waals surface area contributed by atoms with Gasteiger partial charge < -0.3 is 14.4 Å². The van der Waals surface area contributed by atoms with Gasteiger partial charge in [-0.25, -0.2) is 9.97 Å². The Bertz CT molecular complexity index is 976. The van der Waals surface area contributed by atoms with E-state index in [1.807, 2.05) is 24.3 Å². The maximum Gasteiger partial charge on any atom is 0.316 e. The minimum Gasteiger partial charge on any atom is -0.497 e. The highest BCUT2D eigenvalue weighted by molar-refractivity contribution is 6.30. The van der Waals surface area contributed by atoms with Gasteiger partial charge in [-0.2, -0.15) is 5.10 Å². The monoisotopic (exact) mass is 399 g/mol. The molecule has 9 heteroatoms. The van der Waals surface area contributed by atoms with E-state index in [-0.39, 0.29) is 18.0 Å². The fraction of sp³-hybridized carbons (Fsp3) is 0.263. The normalized spacial score (nSPS) is 16.2. The molecule has 144 valence electrons. The van der Waals surface area contributed by atoms with E-state index >= 15 is 0 Å². The van der Waals surface area contributed by atoms with Crippen molar-refractivity contribution in [3.8, 4) is 23.0 Å². The number of H-pyrrole nitrogens is 1. The van der Waals surface area contributed by atoms with E-state index < -0.39 is 0 Å². The van der Waals surface area contributed by atoms with Crippen molar-refractivity contribution in [1.82, 2.24) is 25.1 Å². The predicted octanol–water partition coefficient (Wildman–Crippen LogP) is 2.82. The second kappa shape index (κ2) is 7.85. The zero-order chi connectivity index (χ0) is 19.5. The molecule has 3 aromatic rings. The van der Waals surface area contributed by atoms with Crippen molar-refractivity contribution in [2.45, 2.75) is 12.5 Å². The number of methoxy groups -OCH3 is 1. The van der Waals surface area contributed by atoms with Crippen LogP contribution in [0.15, 0.2) is 42.7 Å². The Kier molecular flexibility index (Phi) is 5.12. The number of amides is 1. The molecule has 0 saturated carbocycles. The van der Waals surface area contributed by atoms with Gasteiger partial charge in [0.15, 0.2) is 0 Å². The second-order valence-corrected chi connectivity index (χ2v) is 6.80. The van der Waals surface area contributed by atoms with Gasteiger partial charge in [-0.3, -0.25) is 9.89 Å². The molecule has 28 heavy (non-hydrogen) atoms. The molecule has 1 fully saturated rings. The van der Waals surface area contributed by atoms with E-state index in [0.717, 1.165) is 11.3 Å². The van der Waals surface area contributed by atoms with Gasteiger partial charge in [0.05, 0.1) is 36.8 Å². The molecular weight excluding hydrogens is 382 g/mol. The van der Waals surface area contributed by atoms with Gasteiger partial charge in [-0.1, -0.05) is 23.7 Å². The SMILES string of the molecule is COc1cccc(-c2cc(C(=O)N3CC[C@@H](Oc4ncc(Cl)cn4)C3)[nH]n2)c1. The summed E-state index contributed by atoms with van der Waals surface area (Å²) in [6.45, 7) is 1.04. The summed E-state index contributed by atoms with van der Waals surface area (Å²) in [6, 6.07) is 9.52. The number of halogens is 1. The van der Waals surface area contributed by atoms with Crippen LogP contribution in [0.4, 0.5) is 0 Å². The fourth-order valence-corrected chi connectivity index (χ4v) is 3.15. The molecule has 1 aliphatic rings. The highest BCUT2D eigenvalue weighted by Gasteiger charge is 2.29. The number of hydrogen-bond acceptors (Lipinski definition) is 6. The van der Waals surface area contributed by atoms with Gasteiger partial charge in [-0.05, 0) is 18.2 Å². The van der Waals surface area contributed by atoms with Crippen molar-refractivity contribution >= 4 is 17.5 Å².